The first-order chi connectivity index (χ1) is 6.48. The van der Waals surface area contributed by atoms with Gasteiger partial charge >= 0.3 is 0 Å². The molecule has 2 aromatic rings. The minimum atomic E-state index is -3.24. The van der Waals surface area contributed by atoms with Crippen LogP contribution in [0.4, 0.5) is 0 Å². The average Bonchev–Trinajstić information content (AvgIpc) is 2.45. The molecule has 0 amide bonds. The maximum atomic E-state index is 11.3. The quantitative estimate of drug-likeness (QED) is 0.862. The van der Waals surface area contributed by atoms with Gasteiger partial charge in [0.25, 0.3) is 0 Å². The molecule has 0 aliphatic carbocycles. The summed E-state index contributed by atoms with van der Waals surface area (Å²) in [6.07, 6.45) is 1.15. The third kappa shape index (κ3) is 1.55. The largest absolute Gasteiger partial charge is 0.266 e. The highest BCUT2D eigenvalue weighted by Gasteiger charge is 2.14. The molecule has 14 heavy (non-hydrogen) atoms. The van der Waals surface area contributed by atoms with Gasteiger partial charge in [-0.2, -0.15) is 5.10 Å². The van der Waals surface area contributed by atoms with Gasteiger partial charge in [-0.3, -0.25) is 5.10 Å². The number of aromatic amines is 1. The monoisotopic (exact) mass is 274 g/mol. The van der Waals surface area contributed by atoms with Crippen molar-refractivity contribution in [2.75, 3.05) is 6.26 Å². The van der Waals surface area contributed by atoms with Gasteiger partial charge in [-0.05, 0) is 18.2 Å². The summed E-state index contributed by atoms with van der Waals surface area (Å²) < 4.78 is 23.5. The van der Waals surface area contributed by atoms with Crippen molar-refractivity contribution in [3.8, 4) is 0 Å². The molecule has 0 fully saturated rings. The molecular weight excluding hydrogens is 268 g/mol. The Labute approximate surface area is 89.4 Å². The van der Waals surface area contributed by atoms with E-state index in [1.54, 1.807) is 12.1 Å². The molecule has 0 unspecified atom stereocenters. The van der Waals surface area contributed by atoms with Gasteiger partial charge in [0, 0.05) is 16.1 Å². The van der Waals surface area contributed by atoms with E-state index in [1.165, 1.54) is 0 Å². The Morgan fingerprint density at radius 2 is 2.14 bits per heavy atom. The molecule has 0 spiro atoms. The second-order valence-electron chi connectivity index (χ2n) is 2.99. The highest BCUT2D eigenvalue weighted by Crippen LogP contribution is 2.23. The number of aromatic nitrogens is 2. The number of fused-ring (bicyclic) bond motifs is 1. The summed E-state index contributed by atoms with van der Waals surface area (Å²) in [6, 6.07) is 5.30. The van der Waals surface area contributed by atoms with Crippen molar-refractivity contribution in [1.29, 1.82) is 0 Å². The predicted molar refractivity (Wildman–Crippen MR) is 56.9 cm³/mol. The van der Waals surface area contributed by atoms with Crippen LogP contribution in [0.25, 0.3) is 10.9 Å². The minimum absolute atomic E-state index is 0.161. The van der Waals surface area contributed by atoms with Gasteiger partial charge in [-0.25, -0.2) is 8.42 Å². The Morgan fingerprint density at radius 3 is 2.79 bits per heavy atom. The predicted octanol–water partition coefficient (Wildman–Crippen LogP) is 1.73. The molecule has 0 aliphatic heterocycles. The van der Waals surface area contributed by atoms with Crippen LogP contribution in [-0.2, 0) is 9.84 Å². The molecule has 6 heteroatoms. The van der Waals surface area contributed by atoms with Gasteiger partial charge in [0.15, 0.2) is 14.9 Å². The third-order valence-corrected chi connectivity index (χ3v) is 3.40. The standard InChI is InChI=1S/C8H7BrN2O2S/c1-14(12,13)8-6-4-5(9)2-3-7(6)10-11-8/h2-4H,1H3,(H,10,11). The number of rotatable bonds is 1. The first kappa shape index (κ1) is 9.67. The lowest BCUT2D eigenvalue weighted by Crippen LogP contribution is -1.97. The van der Waals surface area contributed by atoms with Gasteiger partial charge in [-0.1, -0.05) is 15.9 Å². The fraction of sp³-hybridized carbons (Fsp3) is 0.125. The molecule has 1 heterocycles. The molecule has 2 rings (SSSR count). The van der Waals surface area contributed by atoms with Crippen LogP contribution in [0, 0.1) is 0 Å². The van der Waals surface area contributed by atoms with Gasteiger partial charge in [0.1, 0.15) is 0 Å². The maximum Gasteiger partial charge on any atom is 0.192 e. The molecule has 1 aromatic carbocycles. The summed E-state index contributed by atoms with van der Waals surface area (Å²) in [5, 5.41) is 7.20. The van der Waals surface area contributed by atoms with Crippen molar-refractivity contribution in [3.63, 3.8) is 0 Å². The van der Waals surface area contributed by atoms with Gasteiger partial charge in [0.05, 0.1) is 5.52 Å². The van der Waals surface area contributed by atoms with E-state index in [2.05, 4.69) is 26.1 Å². The minimum Gasteiger partial charge on any atom is -0.266 e. The van der Waals surface area contributed by atoms with Crippen LogP contribution in [0.15, 0.2) is 27.7 Å². The molecule has 0 aliphatic rings. The van der Waals surface area contributed by atoms with E-state index in [0.717, 1.165) is 10.7 Å². The lowest BCUT2D eigenvalue weighted by Gasteiger charge is -1.94. The Morgan fingerprint density at radius 1 is 1.43 bits per heavy atom. The van der Waals surface area contributed by atoms with Crippen molar-refractivity contribution >= 4 is 36.7 Å². The zero-order chi connectivity index (χ0) is 10.3. The fourth-order valence-corrected chi connectivity index (χ4v) is 2.38. The van der Waals surface area contributed by atoms with Crippen LogP contribution in [0.3, 0.4) is 0 Å². The maximum absolute atomic E-state index is 11.3. The number of nitrogens with one attached hydrogen (secondary N) is 1. The molecule has 74 valence electrons. The van der Waals surface area contributed by atoms with E-state index in [4.69, 9.17) is 0 Å². The molecule has 0 atom stereocenters. The highest BCUT2D eigenvalue weighted by molar-refractivity contribution is 9.10. The summed E-state index contributed by atoms with van der Waals surface area (Å²) in [5.74, 6) is 0. The first-order valence-corrected chi connectivity index (χ1v) is 6.50. The Bertz CT molecular complexity index is 588. The first-order valence-electron chi connectivity index (χ1n) is 3.82. The van der Waals surface area contributed by atoms with Gasteiger partial charge in [0.2, 0.25) is 0 Å². The van der Waals surface area contributed by atoms with Crippen LogP contribution < -0.4 is 0 Å². The molecule has 0 bridgehead atoms. The second kappa shape index (κ2) is 3.06. The number of hydrogen-bond acceptors (Lipinski definition) is 3. The van der Waals surface area contributed by atoms with Gasteiger partial charge < -0.3 is 0 Å². The van der Waals surface area contributed by atoms with Crippen molar-refractivity contribution in [1.82, 2.24) is 10.2 Å². The van der Waals surface area contributed by atoms with E-state index in [-0.39, 0.29) is 5.03 Å². The van der Waals surface area contributed by atoms with Crippen molar-refractivity contribution in [2.24, 2.45) is 0 Å². The number of H-pyrrole nitrogens is 1. The molecule has 4 nitrogen and oxygen atoms in total. The summed E-state index contributed by atoms with van der Waals surface area (Å²) in [4.78, 5) is 0. The second-order valence-corrected chi connectivity index (χ2v) is 5.85. The number of halogens is 1. The highest BCUT2D eigenvalue weighted by atomic mass is 79.9. The normalized spacial score (nSPS) is 12.1. The Kier molecular flexibility index (Phi) is 2.11. The van der Waals surface area contributed by atoms with Crippen molar-refractivity contribution in [2.45, 2.75) is 5.03 Å². The lowest BCUT2D eigenvalue weighted by molar-refractivity contribution is 0.598. The molecule has 1 N–H and O–H groups in total. The number of hydrogen-bond donors (Lipinski definition) is 1. The van der Waals surface area contributed by atoms with Crippen LogP contribution in [-0.4, -0.2) is 24.9 Å². The summed E-state index contributed by atoms with van der Waals surface area (Å²) in [5.41, 5.74) is 0.647. The summed E-state index contributed by atoms with van der Waals surface area (Å²) in [6.45, 7) is 0. The topological polar surface area (TPSA) is 62.8 Å². The zero-order valence-corrected chi connectivity index (χ0v) is 9.68. The van der Waals surface area contributed by atoms with Crippen LogP contribution in [0.1, 0.15) is 0 Å². The Hall–Kier alpha value is -0.880. The summed E-state index contributed by atoms with van der Waals surface area (Å²) in [7, 11) is -3.24. The van der Waals surface area contributed by atoms with Crippen molar-refractivity contribution in [3.05, 3.63) is 22.7 Å². The van der Waals surface area contributed by atoms with Gasteiger partial charge in [-0.15, -0.1) is 0 Å². The molecule has 0 saturated heterocycles. The lowest BCUT2D eigenvalue weighted by atomic mass is 10.3. The fourth-order valence-electron chi connectivity index (χ4n) is 1.24. The Balaban J connectivity index is 2.87. The number of benzene rings is 1. The number of nitrogens with zero attached hydrogens (tertiary/aromatic N) is 1. The van der Waals surface area contributed by atoms with Crippen LogP contribution in [0.5, 0.6) is 0 Å². The molecule has 1 aromatic heterocycles. The molecule has 0 radical (unpaired) electrons. The number of sulfone groups is 1. The molecule has 0 saturated carbocycles. The third-order valence-electron chi connectivity index (χ3n) is 1.85. The van der Waals surface area contributed by atoms with Crippen LogP contribution >= 0.6 is 15.9 Å². The zero-order valence-electron chi connectivity index (χ0n) is 7.28. The summed E-state index contributed by atoms with van der Waals surface area (Å²) >= 11 is 3.28. The molecular formula is C8H7BrN2O2S. The smallest absolute Gasteiger partial charge is 0.192 e. The van der Waals surface area contributed by atoms with Crippen molar-refractivity contribution < 1.29 is 8.42 Å². The van der Waals surface area contributed by atoms with E-state index in [0.29, 0.717) is 10.9 Å². The SMILES string of the molecule is CS(=O)(=O)c1[nH]nc2ccc(Br)cc12. The van der Waals surface area contributed by atoms with E-state index >= 15 is 0 Å². The van der Waals surface area contributed by atoms with Crippen LogP contribution in [0.2, 0.25) is 0 Å². The van der Waals surface area contributed by atoms with E-state index < -0.39 is 9.84 Å². The van der Waals surface area contributed by atoms with E-state index in [9.17, 15) is 8.42 Å². The average molecular weight is 275 g/mol. The van der Waals surface area contributed by atoms with E-state index in [1.807, 2.05) is 6.07 Å².